The summed E-state index contributed by atoms with van der Waals surface area (Å²) < 4.78 is 0.741. The Bertz CT molecular complexity index is 486. The summed E-state index contributed by atoms with van der Waals surface area (Å²) in [5.41, 5.74) is 0.368. The van der Waals surface area contributed by atoms with E-state index in [1.54, 1.807) is 18.0 Å². The van der Waals surface area contributed by atoms with Crippen LogP contribution in [0.15, 0.2) is 18.2 Å². The predicted octanol–water partition coefficient (Wildman–Crippen LogP) is 2.43. The van der Waals surface area contributed by atoms with Crippen molar-refractivity contribution in [1.29, 1.82) is 0 Å². The van der Waals surface area contributed by atoms with E-state index in [0.717, 1.165) is 16.4 Å². The number of hydrogen-bond donors (Lipinski definition) is 0. The number of nitrogens with zero attached hydrogens (tertiary/aromatic N) is 2. The van der Waals surface area contributed by atoms with E-state index in [2.05, 4.69) is 0 Å². The largest absolute Gasteiger partial charge is 0.339 e. The van der Waals surface area contributed by atoms with Gasteiger partial charge in [0, 0.05) is 28.8 Å². The molecule has 2 rings (SSSR count). The van der Waals surface area contributed by atoms with Crippen molar-refractivity contribution in [1.82, 2.24) is 4.90 Å². The fourth-order valence-corrected chi connectivity index (χ4v) is 2.17. The number of hydrogen-bond acceptors (Lipinski definition) is 3. The van der Waals surface area contributed by atoms with Gasteiger partial charge in [0.05, 0.1) is 10.5 Å². The number of amides is 1. The van der Waals surface area contributed by atoms with Crippen LogP contribution in [-0.4, -0.2) is 28.8 Å². The molecular weight excluding hydrogens is 335 g/mol. The summed E-state index contributed by atoms with van der Waals surface area (Å²) in [5.74, 6) is -0.138. The van der Waals surface area contributed by atoms with E-state index in [9.17, 15) is 14.9 Å². The van der Waals surface area contributed by atoms with Crippen molar-refractivity contribution < 1.29 is 9.72 Å². The lowest BCUT2D eigenvalue weighted by atomic mass is 10.2. The number of rotatable bonds is 3. The first kappa shape index (κ1) is 12.3. The third-order valence-electron chi connectivity index (χ3n) is 2.81. The molecule has 0 saturated heterocycles. The van der Waals surface area contributed by atoms with Crippen LogP contribution in [0.2, 0.25) is 0 Å². The lowest BCUT2D eigenvalue weighted by molar-refractivity contribution is -0.384. The number of nitro groups is 1. The van der Waals surface area contributed by atoms with Gasteiger partial charge in [-0.2, -0.15) is 0 Å². The molecule has 0 N–H and O–H groups in total. The van der Waals surface area contributed by atoms with Gasteiger partial charge in [0.1, 0.15) is 0 Å². The van der Waals surface area contributed by atoms with Gasteiger partial charge in [0.2, 0.25) is 0 Å². The average Bonchev–Trinajstić information content (AvgIpc) is 3.11. The fraction of sp³-hybridized carbons (Fsp3) is 0.364. The molecule has 0 unspecified atom stereocenters. The Kier molecular flexibility index (Phi) is 3.32. The lowest BCUT2D eigenvalue weighted by Crippen LogP contribution is -2.29. The summed E-state index contributed by atoms with van der Waals surface area (Å²) in [6.07, 6.45) is 2.04. The van der Waals surface area contributed by atoms with Gasteiger partial charge in [0.25, 0.3) is 11.6 Å². The summed E-state index contributed by atoms with van der Waals surface area (Å²) in [4.78, 5) is 24.0. The van der Waals surface area contributed by atoms with Crippen molar-refractivity contribution in [3.05, 3.63) is 37.4 Å². The van der Waals surface area contributed by atoms with E-state index >= 15 is 0 Å². The zero-order valence-corrected chi connectivity index (χ0v) is 11.4. The highest BCUT2D eigenvalue weighted by molar-refractivity contribution is 14.1. The molecule has 0 atom stereocenters. The number of benzene rings is 1. The Balaban J connectivity index is 2.32. The first-order valence-corrected chi connectivity index (χ1v) is 6.29. The highest BCUT2D eigenvalue weighted by Crippen LogP contribution is 2.28. The molecule has 1 aromatic rings. The number of carbonyl (C=O) groups is 1. The third-order valence-corrected chi connectivity index (χ3v) is 3.75. The molecule has 1 aromatic carbocycles. The second-order valence-electron chi connectivity index (χ2n) is 4.07. The standard InChI is InChI=1S/C11H11IN2O3/c1-13(7-2-3-7)11(15)9-6-8(14(16)17)4-5-10(9)12/h4-7H,2-3H2,1H3. The predicted molar refractivity (Wildman–Crippen MR) is 70.9 cm³/mol. The Morgan fingerprint density at radius 3 is 2.71 bits per heavy atom. The van der Waals surface area contributed by atoms with Crippen molar-refractivity contribution in [2.75, 3.05) is 7.05 Å². The van der Waals surface area contributed by atoms with Crippen LogP contribution < -0.4 is 0 Å². The molecule has 6 heteroatoms. The monoisotopic (exact) mass is 346 g/mol. The quantitative estimate of drug-likeness (QED) is 0.480. The van der Waals surface area contributed by atoms with Gasteiger partial charge < -0.3 is 4.90 Å². The number of non-ortho nitro benzene ring substituents is 1. The van der Waals surface area contributed by atoms with Gasteiger partial charge >= 0.3 is 0 Å². The van der Waals surface area contributed by atoms with Gasteiger partial charge in [-0.25, -0.2) is 0 Å². The van der Waals surface area contributed by atoms with Crippen LogP contribution in [0, 0.1) is 13.7 Å². The number of nitro benzene ring substituents is 1. The molecule has 1 aliphatic carbocycles. The molecule has 90 valence electrons. The molecule has 5 nitrogen and oxygen atoms in total. The van der Waals surface area contributed by atoms with Crippen LogP contribution in [0.4, 0.5) is 5.69 Å². The summed E-state index contributed by atoms with van der Waals surface area (Å²) >= 11 is 2.02. The maximum absolute atomic E-state index is 12.1. The molecule has 0 radical (unpaired) electrons. The fourth-order valence-electron chi connectivity index (χ4n) is 1.61. The Morgan fingerprint density at radius 2 is 2.18 bits per heavy atom. The van der Waals surface area contributed by atoms with Gasteiger partial charge in [-0.15, -0.1) is 0 Å². The molecule has 0 aliphatic heterocycles. The van der Waals surface area contributed by atoms with Crippen molar-refractivity contribution in [2.24, 2.45) is 0 Å². The Labute approximate surface area is 112 Å². The molecule has 0 aromatic heterocycles. The number of halogens is 1. The van der Waals surface area contributed by atoms with E-state index in [1.165, 1.54) is 12.1 Å². The topological polar surface area (TPSA) is 63.5 Å². The van der Waals surface area contributed by atoms with E-state index in [0.29, 0.717) is 11.6 Å². The minimum atomic E-state index is -0.482. The van der Waals surface area contributed by atoms with Crippen molar-refractivity contribution >= 4 is 34.2 Å². The first-order chi connectivity index (χ1) is 8.00. The summed E-state index contributed by atoms with van der Waals surface area (Å²) in [6.45, 7) is 0. The molecule has 0 heterocycles. The third kappa shape index (κ3) is 2.56. The molecule has 17 heavy (non-hydrogen) atoms. The molecule has 1 aliphatic rings. The highest BCUT2D eigenvalue weighted by Gasteiger charge is 2.31. The lowest BCUT2D eigenvalue weighted by Gasteiger charge is -2.16. The normalized spacial score (nSPS) is 14.5. The van der Waals surface area contributed by atoms with Gasteiger partial charge in [-0.3, -0.25) is 14.9 Å². The Hall–Kier alpha value is -1.18. The highest BCUT2D eigenvalue weighted by atomic mass is 127. The van der Waals surface area contributed by atoms with Crippen LogP contribution in [0.3, 0.4) is 0 Å². The summed E-state index contributed by atoms with van der Waals surface area (Å²) in [7, 11) is 1.74. The van der Waals surface area contributed by atoms with Crippen molar-refractivity contribution in [2.45, 2.75) is 18.9 Å². The average molecular weight is 346 g/mol. The van der Waals surface area contributed by atoms with Crippen LogP contribution in [0.5, 0.6) is 0 Å². The van der Waals surface area contributed by atoms with Gasteiger partial charge in [-0.05, 0) is 41.5 Å². The second kappa shape index (κ2) is 4.59. The zero-order chi connectivity index (χ0) is 12.6. The van der Waals surface area contributed by atoms with E-state index in [-0.39, 0.29) is 11.6 Å². The molecular formula is C11H11IN2O3. The Morgan fingerprint density at radius 1 is 1.53 bits per heavy atom. The van der Waals surface area contributed by atoms with E-state index in [1.807, 2.05) is 22.6 Å². The van der Waals surface area contributed by atoms with Crippen LogP contribution in [0.1, 0.15) is 23.2 Å². The maximum atomic E-state index is 12.1. The van der Waals surface area contributed by atoms with Gasteiger partial charge in [-0.1, -0.05) is 0 Å². The smallest absolute Gasteiger partial charge is 0.270 e. The minimum Gasteiger partial charge on any atom is -0.339 e. The second-order valence-corrected chi connectivity index (χ2v) is 5.23. The zero-order valence-electron chi connectivity index (χ0n) is 9.22. The first-order valence-electron chi connectivity index (χ1n) is 5.22. The molecule has 1 amide bonds. The SMILES string of the molecule is CN(C(=O)c1cc([N+](=O)[O-])ccc1I)C1CC1. The summed E-state index contributed by atoms with van der Waals surface area (Å²) in [5, 5.41) is 10.7. The van der Waals surface area contributed by atoms with Crippen LogP contribution in [-0.2, 0) is 0 Å². The summed E-state index contributed by atoms with van der Waals surface area (Å²) in [6, 6.07) is 4.67. The van der Waals surface area contributed by atoms with E-state index in [4.69, 9.17) is 0 Å². The minimum absolute atomic E-state index is 0.0436. The maximum Gasteiger partial charge on any atom is 0.270 e. The molecule has 1 fully saturated rings. The van der Waals surface area contributed by atoms with Crippen LogP contribution >= 0.6 is 22.6 Å². The van der Waals surface area contributed by atoms with Gasteiger partial charge in [0.15, 0.2) is 0 Å². The van der Waals surface area contributed by atoms with Crippen molar-refractivity contribution in [3.63, 3.8) is 0 Å². The molecule has 0 spiro atoms. The molecule has 1 saturated carbocycles. The molecule has 0 bridgehead atoms. The van der Waals surface area contributed by atoms with E-state index < -0.39 is 4.92 Å². The van der Waals surface area contributed by atoms with Crippen molar-refractivity contribution in [3.8, 4) is 0 Å². The van der Waals surface area contributed by atoms with Crippen LogP contribution in [0.25, 0.3) is 0 Å². The number of carbonyl (C=O) groups excluding carboxylic acids is 1.